The SMILES string of the molecule is N[C@@H]1CC(=O)c2sccc21. The van der Waals surface area contributed by atoms with Crippen molar-refractivity contribution in [3.8, 4) is 0 Å². The highest BCUT2D eigenvalue weighted by molar-refractivity contribution is 7.12. The number of hydrogen-bond donors (Lipinski definition) is 1. The molecule has 0 bridgehead atoms. The number of carbonyl (C=O) groups excluding carboxylic acids is 1. The zero-order valence-electron chi connectivity index (χ0n) is 5.33. The van der Waals surface area contributed by atoms with Crippen LogP contribution in [0.15, 0.2) is 11.4 Å². The van der Waals surface area contributed by atoms with Crippen molar-refractivity contribution < 1.29 is 4.79 Å². The zero-order chi connectivity index (χ0) is 7.14. The number of nitrogens with two attached hydrogens (primary N) is 1. The van der Waals surface area contributed by atoms with Crippen molar-refractivity contribution in [3.63, 3.8) is 0 Å². The van der Waals surface area contributed by atoms with Gasteiger partial charge in [0.15, 0.2) is 5.78 Å². The standard InChI is InChI=1S/C7H7NOS/c8-5-3-6(9)7-4(5)1-2-10-7/h1-2,5H,3,8H2/t5-/m1/s1. The molecule has 10 heavy (non-hydrogen) atoms. The molecule has 0 amide bonds. The molecule has 2 nitrogen and oxygen atoms in total. The number of fused-ring (bicyclic) bond motifs is 1. The first-order chi connectivity index (χ1) is 4.79. The first-order valence-electron chi connectivity index (χ1n) is 3.15. The normalized spacial score (nSPS) is 23.3. The Morgan fingerprint density at radius 3 is 3.20 bits per heavy atom. The van der Waals surface area contributed by atoms with Gasteiger partial charge in [0.25, 0.3) is 0 Å². The third kappa shape index (κ3) is 0.646. The van der Waals surface area contributed by atoms with E-state index in [0.717, 1.165) is 10.4 Å². The van der Waals surface area contributed by atoms with Crippen LogP contribution in [-0.4, -0.2) is 5.78 Å². The first kappa shape index (κ1) is 6.07. The Kier molecular flexibility index (Phi) is 1.16. The molecule has 0 unspecified atom stereocenters. The highest BCUT2D eigenvalue weighted by Gasteiger charge is 2.27. The Bertz CT molecular complexity index is 279. The summed E-state index contributed by atoms with van der Waals surface area (Å²) in [6.45, 7) is 0. The van der Waals surface area contributed by atoms with Gasteiger partial charge < -0.3 is 5.73 Å². The van der Waals surface area contributed by atoms with Crippen LogP contribution in [0.5, 0.6) is 0 Å². The molecule has 0 spiro atoms. The average Bonchev–Trinajstić information content (AvgIpc) is 2.39. The summed E-state index contributed by atoms with van der Waals surface area (Å²) in [6.07, 6.45) is 0.502. The van der Waals surface area contributed by atoms with Gasteiger partial charge in [-0.15, -0.1) is 11.3 Å². The Hall–Kier alpha value is -0.670. The van der Waals surface area contributed by atoms with Gasteiger partial charge in [-0.3, -0.25) is 4.79 Å². The van der Waals surface area contributed by atoms with E-state index < -0.39 is 0 Å². The summed E-state index contributed by atoms with van der Waals surface area (Å²) in [6, 6.07) is 1.91. The molecule has 0 aliphatic heterocycles. The van der Waals surface area contributed by atoms with Crippen LogP contribution >= 0.6 is 11.3 Å². The minimum absolute atomic E-state index is 0.0336. The second-order valence-corrected chi connectivity index (χ2v) is 3.35. The largest absolute Gasteiger partial charge is 0.324 e. The number of ketones is 1. The third-order valence-electron chi connectivity index (χ3n) is 1.75. The molecule has 52 valence electrons. The predicted molar refractivity (Wildman–Crippen MR) is 40.2 cm³/mol. The van der Waals surface area contributed by atoms with Gasteiger partial charge in [-0.25, -0.2) is 0 Å². The second-order valence-electron chi connectivity index (χ2n) is 2.44. The van der Waals surface area contributed by atoms with E-state index in [1.54, 1.807) is 0 Å². The molecule has 2 N–H and O–H groups in total. The van der Waals surface area contributed by atoms with Crippen molar-refractivity contribution in [2.45, 2.75) is 12.5 Å². The van der Waals surface area contributed by atoms with Gasteiger partial charge in [0.05, 0.1) is 4.88 Å². The Morgan fingerprint density at radius 1 is 1.70 bits per heavy atom. The Balaban J connectivity index is 2.58. The molecule has 1 aliphatic rings. The smallest absolute Gasteiger partial charge is 0.175 e. The van der Waals surface area contributed by atoms with Crippen LogP contribution in [0.25, 0.3) is 0 Å². The van der Waals surface area contributed by atoms with Crippen molar-refractivity contribution in [2.75, 3.05) is 0 Å². The van der Waals surface area contributed by atoms with Crippen molar-refractivity contribution >= 4 is 17.1 Å². The summed E-state index contributed by atoms with van der Waals surface area (Å²) in [5.74, 6) is 0.206. The fourth-order valence-corrected chi connectivity index (χ4v) is 2.16. The van der Waals surface area contributed by atoms with E-state index in [2.05, 4.69) is 0 Å². The minimum Gasteiger partial charge on any atom is -0.324 e. The van der Waals surface area contributed by atoms with E-state index in [-0.39, 0.29) is 11.8 Å². The van der Waals surface area contributed by atoms with Crippen LogP contribution in [0, 0.1) is 0 Å². The summed E-state index contributed by atoms with van der Waals surface area (Å²) in [7, 11) is 0. The zero-order valence-corrected chi connectivity index (χ0v) is 6.15. The quantitative estimate of drug-likeness (QED) is 0.611. The van der Waals surface area contributed by atoms with E-state index in [9.17, 15) is 4.79 Å². The lowest BCUT2D eigenvalue weighted by Crippen LogP contribution is -2.05. The molecule has 1 aromatic rings. The molecule has 1 aliphatic carbocycles. The molecule has 2 rings (SSSR count). The summed E-state index contributed by atoms with van der Waals surface area (Å²) in [5.41, 5.74) is 6.70. The van der Waals surface area contributed by atoms with E-state index in [1.165, 1.54) is 11.3 Å². The Labute approximate surface area is 62.7 Å². The highest BCUT2D eigenvalue weighted by atomic mass is 32.1. The number of Topliss-reactive ketones (excluding diaryl/α,β-unsaturated/α-hetero) is 1. The van der Waals surface area contributed by atoms with Gasteiger partial charge in [0.2, 0.25) is 0 Å². The number of rotatable bonds is 0. The van der Waals surface area contributed by atoms with Crippen LogP contribution in [0.3, 0.4) is 0 Å². The van der Waals surface area contributed by atoms with Gasteiger partial charge in [-0.2, -0.15) is 0 Å². The maximum absolute atomic E-state index is 11.1. The molecule has 1 aromatic heterocycles. The van der Waals surface area contributed by atoms with Gasteiger partial charge >= 0.3 is 0 Å². The number of carbonyl (C=O) groups is 1. The first-order valence-corrected chi connectivity index (χ1v) is 4.03. The minimum atomic E-state index is -0.0336. The van der Waals surface area contributed by atoms with Crippen LogP contribution in [-0.2, 0) is 0 Å². The molecular weight excluding hydrogens is 146 g/mol. The van der Waals surface area contributed by atoms with Gasteiger partial charge in [0.1, 0.15) is 0 Å². The number of hydrogen-bond acceptors (Lipinski definition) is 3. The summed E-state index contributed by atoms with van der Waals surface area (Å²) in [5, 5.41) is 1.92. The fourth-order valence-electron chi connectivity index (χ4n) is 1.24. The lowest BCUT2D eigenvalue weighted by atomic mass is 10.2. The fraction of sp³-hybridized carbons (Fsp3) is 0.286. The van der Waals surface area contributed by atoms with Crippen LogP contribution < -0.4 is 5.73 Å². The number of thiophene rings is 1. The van der Waals surface area contributed by atoms with E-state index in [0.29, 0.717) is 6.42 Å². The maximum atomic E-state index is 11.1. The van der Waals surface area contributed by atoms with Crippen molar-refractivity contribution in [2.24, 2.45) is 5.73 Å². The van der Waals surface area contributed by atoms with Crippen molar-refractivity contribution in [3.05, 3.63) is 21.9 Å². The molecule has 3 heteroatoms. The van der Waals surface area contributed by atoms with E-state index >= 15 is 0 Å². The summed E-state index contributed by atoms with van der Waals surface area (Å²) >= 11 is 1.49. The van der Waals surface area contributed by atoms with Crippen molar-refractivity contribution in [1.29, 1.82) is 0 Å². The molecular formula is C7H7NOS. The predicted octanol–water partition coefficient (Wildman–Crippen LogP) is 1.33. The molecule has 0 radical (unpaired) electrons. The summed E-state index contributed by atoms with van der Waals surface area (Å²) < 4.78 is 0. The monoisotopic (exact) mass is 153 g/mol. The summed E-state index contributed by atoms with van der Waals surface area (Å²) in [4.78, 5) is 11.9. The third-order valence-corrected chi connectivity index (χ3v) is 2.72. The average molecular weight is 153 g/mol. The van der Waals surface area contributed by atoms with Gasteiger partial charge in [-0.1, -0.05) is 0 Å². The molecule has 0 aromatic carbocycles. The second kappa shape index (κ2) is 1.90. The molecule has 0 fully saturated rings. The molecule has 0 saturated carbocycles. The van der Waals surface area contributed by atoms with Crippen LogP contribution in [0.2, 0.25) is 0 Å². The molecule has 0 saturated heterocycles. The molecule has 1 heterocycles. The topological polar surface area (TPSA) is 43.1 Å². The van der Waals surface area contributed by atoms with E-state index in [4.69, 9.17) is 5.73 Å². The van der Waals surface area contributed by atoms with Crippen LogP contribution in [0.1, 0.15) is 27.7 Å². The maximum Gasteiger partial charge on any atom is 0.175 e. The van der Waals surface area contributed by atoms with Crippen molar-refractivity contribution in [1.82, 2.24) is 0 Å². The lowest BCUT2D eigenvalue weighted by Gasteiger charge is -1.95. The lowest BCUT2D eigenvalue weighted by molar-refractivity contribution is 0.0992. The van der Waals surface area contributed by atoms with Gasteiger partial charge in [0, 0.05) is 12.5 Å². The van der Waals surface area contributed by atoms with E-state index in [1.807, 2.05) is 11.4 Å². The Morgan fingerprint density at radius 2 is 2.50 bits per heavy atom. The van der Waals surface area contributed by atoms with Crippen LogP contribution in [0.4, 0.5) is 0 Å². The highest BCUT2D eigenvalue weighted by Crippen LogP contribution is 2.32. The van der Waals surface area contributed by atoms with Gasteiger partial charge in [-0.05, 0) is 17.0 Å². The molecule has 1 atom stereocenters.